The van der Waals surface area contributed by atoms with Gasteiger partial charge < -0.3 is 5.73 Å². The van der Waals surface area contributed by atoms with Crippen molar-refractivity contribution in [2.75, 3.05) is 5.73 Å². The largest absolute Gasteiger partial charge is 0.399 e. The maximum atomic E-state index is 13.8. The van der Waals surface area contributed by atoms with Crippen LogP contribution in [-0.2, 0) is 0 Å². The van der Waals surface area contributed by atoms with Crippen molar-refractivity contribution in [3.05, 3.63) is 53.6 Å². The number of aromatic nitrogens is 2. The van der Waals surface area contributed by atoms with Crippen LogP contribution in [0.15, 0.2) is 42.6 Å². The number of nitrogen functional groups attached to an aromatic ring is 1. The van der Waals surface area contributed by atoms with E-state index >= 15 is 0 Å². The van der Waals surface area contributed by atoms with Gasteiger partial charge in [-0.05, 0) is 24.3 Å². The summed E-state index contributed by atoms with van der Waals surface area (Å²) in [5.74, 6) is 0.131. The molecule has 3 rings (SSSR count). The van der Waals surface area contributed by atoms with Gasteiger partial charge in [-0.3, -0.25) is 4.40 Å². The smallest absolute Gasteiger partial charge is 0.155 e. The number of nitrogens with two attached hydrogens (primary N) is 1. The van der Waals surface area contributed by atoms with Crippen molar-refractivity contribution in [2.24, 2.45) is 0 Å². The second-order valence-electron chi connectivity index (χ2n) is 3.92. The molecule has 0 unspecified atom stereocenters. The third kappa shape index (κ3) is 1.62. The van der Waals surface area contributed by atoms with E-state index in [1.54, 1.807) is 40.9 Å². The molecule has 3 aromatic rings. The van der Waals surface area contributed by atoms with Crippen LogP contribution < -0.4 is 5.73 Å². The molecule has 0 aliphatic rings. The molecule has 0 fully saturated rings. The van der Waals surface area contributed by atoms with E-state index in [9.17, 15) is 4.39 Å². The third-order valence-corrected chi connectivity index (χ3v) is 3.02. The monoisotopic (exact) mass is 261 g/mol. The highest BCUT2D eigenvalue weighted by Crippen LogP contribution is 2.28. The molecular formula is C13H9ClFN3. The van der Waals surface area contributed by atoms with E-state index in [1.807, 2.05) is 0 Å². The lowest BCUT2D eigenvalue weighted by atomic mass is 10.2. The molecule has 1 aromatic carbocycles. The first-order valence-corrected chi connectivity index (χ1v) is 5.72. The fourth-order valence-corrected chi connectivity index (χ4v) is 2.12. The number of nitrogens with zero attached hydrogens (tertiary/aromatic N) is 2. The molecule has 2 aromatic heterocycles. The van der Waals surface area contributed by atoms with Gasteiger partial charge in [0.05, 0.1) is 11.1 Å². The molecule has 90 valence electrons. The molecular weight excluding hydrogens is 253 g/mol. The summed E-state index contributed by atoms with van der Waals surface area (Å²) in [6, 6.07) is 9.87. The van der Waals surface area contributed by atoms with Gasteiger partial charge in [0.15, 0.2) is 5.15 Å². The van der Waals surface area contributed by atoms with Crippen molar-refractivity contribution in [3.63, 3.8) is 0 Å². The summed E-state index contributed by atoms with van der Waals surface area (Å²) < 4.78 is 15.5. The molecule has 3 nitrogen and oxygen atoms in total. The number of imidazole rings is 1. The highest BCUT2D eigenvalue weighted by atomic mass is 35.5. The number of rotatable bonds is 1. The van der Waals surface area contributed by atoms with Gasteiger partial charge in [-0.15, -0.1) is 0 Å². The molecule has 5 heteroatoms. The zero-order chi connectivity index (χ0) is 12.7. The van der Waals surface area contributed by atoms with Crippen molar-refractivity contribution in [3.8, 4) is 11.4 Å². The number of hydrogen-bond donors (Lipinski definition) is 1. The second-order valence-corrected chi connectivity index (χ2v) is 4.28. The summed E-state index contributed by atoms with van der Waals surface area (Å²) in [5.41, 5.74) is 7.35. The van der Waals surface area contributed by atoms with Crippen LogP contribution in [-0.4, -0.2) is 9.38 Å². The lowest BCUT2D eigenvalue weighted by Gasteiger charge is -2.02. The maximum Gasteiger partial charge on any atom is 0.155 e. The Morgan fingerprint density at radius 3 is 2.78 bits per heavy atom. The molecule has 2 N–H and O–H groups in total. The quantitative estimate of drug-likeness (QED) is 0.730. The number of pyridine rings is 1. The Hall–Kier alpha value is -2.07. The van der Waals surface area contributed by atoms with E-state index in [-0.39, 0.29) is 5.82 Å². The van der Waals surface area contributed by atoms with Gasteiger partial charge in [0.1, 0.15) is 11.6 Å². The minimum Gasteiger partial charge on any atom is -0.399 e. The minimum atomic E-state index is -0.335. The fraction of sp³-hybridized carbons (Fsp3) is 0. The molecule has 0 aliphatic heterocycles. The standard InChI is InChI=1S/C13H9ClFN3/c14-12-11-7-8(16)5-6-18(11)13(17-12)9-3-1-2-4-10(9)15/h1-7H,16H2. The van der Waals surface area contributed by atoms with Crippen molar-refractivity contribution >= 4 is 22.8 Å². The molecule has 0 atom stereocenters. The Bertz CT molecular complexity index is 736. The van der Waals surface area contributed by atoms with E-state index in [2.05, 4.69) is 4.98 Å². The number of fused-ring (bicyclic) bond motifs is 1. The lowest BCUT2D eigenvalue weighted by Crippen LogP contribution is -1.93. The Balaban J connectivity index is 2.34. The van der Waals surface area contributed by atoms with Gasteiger partial charge in [0, 0.05) is 11.9 Å². The summed E-state index contributed by atoms with van der Waals surface area (Å²) in [6.07, 6.45) is 1.73. The summed E-state index contributed by atoms with van der Waals surface area (Å²) >= 11 is 6.04. The second kappa shape index (κ2) is 3.99. The molecule has 0 aliphatic carbocycles. The van der Waals surface area contributed by atoms with Gasteiger partial charge >= 0.3 is 0 Å². The molecule has 0 bridgehead atoms. The third-order valence-electron chi connectivity index (χ3n) is 2.74. The van der Waals surface area contributed by atoms with Gasteiger partial charge in [-0.25, -0.2) is 9.37 Å². The first-order chi connectivity index (χ1) is 8.66. The number of halogens is 2. The van der Waals surface area contributed by atoms with E-state index in [0.29, 0.717) is 27.7 Å². The zero-order valence-corrected chi connectivity index (χ0v) is 10.0. The number of anilines is 1. The average Bonchev–Trinajstić information content (AvgIpc) is 2.67. The summed E-state index contributed by atoms with van der Waals surface area (Å²) in [4.78, 5) is 4.19. The highest BCUT2D eigenvalue weighted by Gasteiger charge is 2.14. The van der Waals surface area contributed by atoms with E-state index in [4.69, 9.17) is 17.3 Å². The molecule has 0 radical (unpaired) electrons. The van der Waals surface area contributed by atoms with Gasteiger partial charge in [0.25, 0.3) is 0 Å². The Labute approximate surface area is 108 Å². The molecule has 0 amide bonds. The normalized spacial score (nSPS) is 11.0. The Morgan fingerprint density at radius 2 is 2.00 bits per heavy atom. The van der Waals surface area contributed by atoms with Crippen LogP contribution in [0.5, 0.6) is 0 Å². The molecule has 2 heterocycles. The van der Waals surface area contributed by atoms with Crippen LogP contribution in [0, 0.1) is 5.82 Å². The molecule has 0 saturated heterocycles. The van der Waals surface area contributed by atoms with E-state index < -0.39 is 0 Å². The Kier molecular flexibility index (Phi) is 2.45. The predicted octanol–water partition coefficient (Wildman–Crippen LogP) is 3.38. The van der Waals surface area contributed by atoms with E-state index in [1.165, 1.54) is 6.07 Å². The summed E-state index contributed by atoms with van der Waals surface area (Å²) in [5, 5.41) is 0.306. The van der Waals surface area contributed by atoms with Crippen molar-refractivity contribution < 1.29 is 4.39 Å². The molecule has 18 heavy (non-hydrogen) atoms. The number of benzene rings is 1. The Morgan fingerprint density at radius 1 is 1.22 bits per heavy atom. The van der Waals surface area contributed by atoms with Crippen molar-refractivity contribution in [1.82, 2.24) is 9.38 Å². The molecule has 0 spiro atoms. The van der Waals surface area contributed by atoms with Crippen LogP contribution in [0.25, 0.3) is 16.9 Å². The van der Waals surface area contributed by atoms with Crippen LogP contribution in [0.1, 0.15) is 0 Å². The SMILES string of the molecule is Nc1ccn2c(-c3ccccc3F)nc(Cl)c2c1. The summed E-state index contributed by atoms with van der Waals surface area (Å²) in [7, 11) is 0. The summed E-state index contributed by atoms with van der Waals surface area (Å²) in [6.45, 7) is 0. The topological polar surface area (TPSA) is 43.3 Å². The van der Waals surface area contributed by atoms with Crippen LogP contribution in [0.3, 0.4) is 0 Å². The van der Waals surface area contributed by atoms with Gasteiger partial charge in [0.2, 0.25) is 0 Å². The minimum absolute atomic E-state index is 0.306. The molecule has 0 saturated carbocycles. The average molecular weight is 262 g/mol. The first-order valence-electron chi connectivity index (χ1n) is 5.35. The van der Waals surface area contributed by atoms with Gasteiger partial charge in [-0.2, -0.15) is 0 Å². The lowest BCUT2D eigenvalue weighted by molar-refractivity contribution is 0.630. The van der Waals surface area contributed by atoms with Crippen LogP contribution >= 0.6 is 11.6 Å². The van der Waals surface area contributed by atoms with E-state index in [0.717, 1.165) is 0 Å². The fourth-order valence-electron chi connectivity index (χ4n) is 1.90. The van der Waals surface area contributed by atoms with Gasteiger partial charge in [-0.1, -0.05) is 23.7 Å². The predicted molar refractivity (Wildman–Crippen MR) is 70.0 cm³/mol. The van der Waals surface area contributed by atoms with Crippen molar-refractivity contribution in [1.29, 1.82) is 0 Å². The maximum absolute atomic E-state index is 13.8. The van der Waals surface area contributed by atoms with Crippen LogP contribution in [0.4, 0.5) is 10.1 Å². The van der Waals surface area contributed by atoms with Crippen molar-refractivity contribution in [2.45, 2.75) is 0 Å². The number of hydrogen-bond acceptors (Lipinski definition) is 2. The zero-order valence-electron chi connectivity index (χ0n) is 9.27. The van der Waals surface area contributed by atoms with Crippen LogP contribution in [0.2, 0.25) is 5.15 Å². The highest BCUT2D eigenvalue weighted by molar-refractivity contribution is 6.33. The first kappa shape index (κ1) is 11.0.